The Balaban J connectivity index is 3.49. The van der Waals surface area contributed by atoms with Gasteiger partial charge in [-0.25, -0.2) is 14.6 Å². The summed E-state index contributed by atoms with van der Waals surface area (Å²) in [6, 6.07) is -6.79. The summed E-state index contributed by atoms with van der Waals surface area (Å²) in [6.45, 7) is 19.4. The Morgan fingerprint density at radius 1 is 0.667 bits per heavy atom. The molecule has 0 saturated heterocycles. The van der Waals surface area contributed by atoms with E-state index in [1.807, 2.05) is 0 Å². The second-order valence-corrected chi connectivity index (χ2v) is 16.9. The zero-order valence-electron chi connectivity index (χ0n) is 35.7. The molecule has 5 amide bonds. The quantitative estimate of drug-likeness (QED) is 0.104. The third kappa shape index (κ3) is 19.5. The maximum atomic E-state index is 14.0. The van der Waals surface area contributed by atoms with Crippen LogP contribution in [0.2, 0.25) is 0 Å². The molecule has 19 heteroatoms. The molecule has 0 aromatic carbocycles. The Bertz CT molecular complexity index is 1590. The van der Waals surface area contributed by atoms with Crippen molar-refractivity contribution >= 4 is 47.6 Å². The van der Waals surface area contributed by atoms with Crippen molar-refractivity contribution in [1.29, 1.82) is 0 Å². The minimum Gasteiger partial charge on any atom is -0.467 e. The van der Waals surface area contributed by atoms with Crippen molar-refractivity contribution in [3.63, 3.8) is 0 Å². The lowest BCUT2D eigenvalue weighted by atomic mass is 10.0. The molecule has 0 bridgehead atoms. The van der Waals surface area contributed by atoms with Gasteiger partial charge in [-0.15, -0.1) is 0 Å². The molecule has 0 saturated carbocycles. The van der Waals surface area contributed by atoms with Crippen LogP contribution in [0.15, 0.2) is 12.5 Å². The van der Waals surface area contributed by atoms with Crippen LogP contribution < -0.4 is 26.6 Å². The fraction of sp³-hybridized carbons (Fsp3) is 0.711. The van der Waals surface area contributed by atoms with E-state index in [0.717, 1.165) is 7.11 Å². The molecule has 5 N–H and O–H groups in total. The summed E-state index contributed by atoms with van der Waals surface area (Å²) < 4.78 is 22.4. The fourth-order valence-corrected chi connectivity index (χ4v) is 5.00. The van der Waals surface area contributed by atoms with Crippen LogP contribution in [-0.4, -0.2) is 111 Å². The summed E-state index contributed by atoms with van der Waals surface area (Å²) in [6.07, 6.45) is 0.792. The van der Waals surface area contributed by atoms with E-state index in [9.17, 15) is 38.4 Å². The number of hydrogen-bond donors (Lipinski definition) is 5. The summed E-state index contributed by atoms with van der Waals surface area (Å²) in [5, 5.41) is 12.6. The normalized spacial score (nSPS) is 14.4. The molecule has 1 rings (SSSR count). The summed E-state index contributed by atoms with van der Waals surface area (Å²) in [7, 11) is 2.83. The highest BCUT2D eigenvalue weighted by Gasteiger charge is 2.36. The molecule has 5 atom stereocenters. The molecular weight excluding hydrogens is 746 g/mol. The summed E-state index contributed by atoms with van der Waals surface area (Å²) >= 11 is 0. The number of amides is 5. The summed E-state index contributed by atoms with van der Waals surface area (Å²) in [4.78, 5) is 110. The third-order valence-electron chi connectivity index (χ3n) is 7.61. The Labute approximate surface area is 334 Å². The van der Waals surface area contributed by atoms with Gasteiger partial charge in [0.05, 0.1) is 19.9 Å². The Morgan fingerprint density at radius 3 is 1.67 bits per heavy atom. The van der Waals surface area contributed by atoms with Crippen molar-refractivity contribution in [3.8, 4) is 0 Å². The first-order valence-electron chi connectivity index (χ1n) is 18.7. The van der Waals surface area contributed by atoms with Gasteiger partial charge in [-0.3, -0.25) is 28.8 Å². The molecule has 1 aromatic rings. The molecule has 1 heterocycles. The smallest absolute Gasteiger partial charge is 0.408 e. The van der Waals surface area contributed by atoms with E-state index in [1.165, 1.54) is 19.4 Å². The predicted octanol–water partition coefficient (Wildman–Crippen LogP) is 1.50. The van der Waals surface area contributed by atoms with Crippen LogP contribution in [0.1, 0.15) is 108 Å². The maximum Gasteiger partial charge on any atom is 0.408 e. The van der Waals surface area contributed by atoms with Crippen molar-refractivity contribution in [2.75, 3.05) is 7.11 Å². The van der Waals surface area contributed by atoms with Gasteiger partial charge in [-0.2, -0.15) is 0 Å². The number of hydrogen-bond acceptors (Lipinski definition) is 13. The fourth-order valence-electron chi connectivity index (χ4n) is 5.00. The van der Waals surface area contributed by atoms with E-state index in [1.54, 1.807) is 87.8 Å². The highest BCUT2D eigenvalue weighted by Crippen LogP contribution is 2.14. The van der Waals surface area contributed by atoms with Crippen molar-refractivity contribution in [2.45, 2.75) is 156 Å². The lowest BCUT2D eigenvalue weighted by Crippen LogP contribution is -2.60. The zero-order valence-corrected chi connectivity index (χ0v) is 35.7. The number of ether oxygens (including phenoxy) is 4. The van der Waals surface area contributed by atoms with Gasteiger partial charge in [0.1, 0.15) is 47.0 Å². The first kappa shape index (κ1) is 49.8. The summed E-state index contributed by atoms with van der Waals surface area (Å²) in [5.41, 5.74) is -2.10. The van der Waals surface area contributed by atoms with Gasteiger partial charge in [0, 0.05) is 31.8 Å². The Morgan fingerprint density at radius 2 is 1.18 bits per heavy atom. The monoisotopic (exact) mass is 809 g/mol. The second kappa shape index (κ2) is 21.3. The van der Waals surface area contributed by atoms with Crippen LogP contribution in [0.4, 0.5) is 4.79 Å². The number of alkyl carbamates (subject to hydrolysis) is 1. The van der Waals surface area contributed by atoms with Crippen LogP contribution >= 0.6 is 0 Å². The van der Waals surface area contributed by atoms with E-state index in [-0.39, 0.29) is 19.3 Å². The molecule has 322 valence electrons. The number of carbonyl (C=O) groups excluding carboxylic acids is 8. The van der Waals surface area contributed by atoms with E-state index in [0.29, 0.717) is 5.69 Å². The average molecular weight is 810 g/mol. The Hall–Kier alpha value is -5.23. The molecule has 0 aliphatic heterocycles. The van der Waals surface area contributed by atoms with Crippen LogP contribution in [0, 0.1) is 5.92 Å². The SMILES string of the molecule is COC(=O)[C@H](C)NC(=O)[C@H](CC(=O)OC(C)(C)C)NC(=O)[C@@H](CCC(=O)OC(C)(C)C)NC(=O)[C@H](NC(=O)[C@H](Cc1cncn1C)NC(=O)OC(C)(C)C)C(C)C. The number of rotatable bonds is 18. The average Bonchev–Trinajstić information content (AvgIpc) is 3.44. The molecule has 0 aliphatic carbocycles. The molecule has 0 fully saturated rings. The summed E-state index contributed by atoms with van der Waals surface area (Å²) in [5.74, 6) is -6.42. The van der Waals surface area contributed by atoms with Crippen LogP contribution in [0.25, 0.3) is 0 Å². The van der Waals surface area contributed by atoms with E-state index < -0.39 is 107 Å². The lowest BCUT2D eigenvalue weighted by molar-refractivity contribution is -0.157. The molecule has 0 aliphatic rings. The minimum absolute atomic E-state index is 0.0232. The number of aromatic nitrogens is 2. The number of aryl methyl sites for hydroxylation is 1. The van der Waals surface area contributed by atoms with Gasteiger partial charge in [-0.05, 0) is 81.6 Å². The number of nitrogens with one attached hydrogen (secondary N) is 5. The number of esters is 3. The third-order valence-corrected chi connectivity index (χ3v) is 7.61. The first-order valence-corrected chi connectivity index (χ1v) is 18.7. The molecule has 0 radical (unpaired) electrons. The van der Waals surface area contributed by atoms with Crippen LogP contribution in [-0.2, 0) is 66.0 Å². The molecule has 19 nitrogen and oxygen atoms in total. The van der Waals surface area contributed by atoms with Gasteiger partial charge in [-0.1, -0.05) is 13.8 Å². The van der Waals surface area contributed by atoms with Gasteiger partial charge >= 0.3 is 24.0 Å². The van der Waals surface area contributed by atoms with E-state index in [4.69, 9.17) is 14.2 Å². The number of nitrogens with zero attached hydrogens (tertiary/aromatic N) is 2. The maximum absolute atomic E-state index is 14.0. The van der Waals surface area contributed by atoms with Crippen molar-refractivity contribution in [3.05, 3.63) is 18.2 Å². The standard InChI is InChI=1S/C38H63N7O12/c1-21(2)29(44-32(50)25(17-23-19-39-20-45(23)13)43-35(53)57-38(10,11)12)33(51)41-24(15-16-27(46)55-36(4,5)6)30(48)42-26(18-28(47)56-37(7,8)9)31(49)40-22(3)34(52)54-14/h19-22,24-26,29H,15-18H2,1-14H3,(H,40,49)(H,41,51)(H,42,48)(H,43,53)(H,44,50)/t22-,24+,25-,26-,29+/m0/s1. The van der Waals surface area contributed by atoms with Crippen LogP contribution in [0.3, 0.4) is 0 Å². The second-order valence-electron chi connectivity index (χ2n) is 16.9. The van der Waals surface area contributed by atoms with Gasteiger partial charge < -0.3 is 50.1 Å². The minimum atomic E-state index is -1.60. The highest BCUT2D eigenvalue weighted by atomic mass is 16.6. The topological polar surface area (TPSA) is 251 Å². The van der Waals surface area contributed by atoms with Crippen molar-refractivity contribution in [1.82, 2.24) is 36.1 Å². The highest BCUT2D eigenvalue weighted by molar-refractivity contribution is 5.97. The van der Waals surface area contributed by atoms with Gasteiger partial charge in [0.25, 0.3) is 0 Å². The zero-order chi connectivity index (χ0) is 44.1. The molecule has 1 aromatic heterocycles. The molecular formula is C38H63N7O12. The first-order chi connectivity index (χ1) is 26.0. The van der Waals surface area contributed by atoms with Gasteiger partial charge in [0.15, 0.2) is 0 Å². The number of methoxy groups -OCH3 is 1. The number of carbonyl (C=O) groups is 8. The number of imidazole rings is 1. The van der Waals surface area contributed by atoms with Crippen molar-refractivity contribution in [2.24, 2.45) is 13.0 Å². The van der Waals surface area contributed by atoms with E-state index in [2.05, 4.69) is 36.3 Å². The van der Waals surface area contributed by atoms with Crippen molar-refractivity contribution < 1.29 is 57.3 Å². The van der Waals surface area contributed by atoms with Crippen LogP contribution in [0.5, 0.6) is 0 Å². The molecule has 57 heavy (non-hydrogen) atoms. The van der Waals surface area contributed by atoms with E-state index >= 15 is 0 Å². The van der Waals surface area contributed by atoms with Gasteiger partial charge in [0.2, 0.25) is 23.6 Å². The largest absolute Gasteiger partial charge is 0.467 e. The lowest BCUT2D eigenvalue weighted by Gasteiger charge is -2.29. The molecule has 0 unspecified atom stereocenters. The predicted molar refractivity (Wildman–Crippen MR) is 206 cm³/mol. The molecule has 0 spiro atoms. The Kier molecular flexibility index (Phi) is 18.6.